The summed E-state index contributed by atoms with van der Waals surface area (Å²) in [7, 11) is 0. The molecule has 1 aliphatic heterocycles. The molecule has 0 saturated carbocycles. The fraction of sp³-hybridized carbons (Fsp3) is 0.500. The lowest BCUT2D eigenvalue weighted by molar-refractivity contribution is -0.248. The second-order valence-corrected chi connectivity index (χ2v) is 4.25. The molecule has 5 atom stereocenters. The monoisotopic (exact) mass is 268 g/mol. The Hall–Kier alpha value is -1.38. The molecule has 1 aliphatic rings. The number of ether oxygens (including phenoxy) is 1. The number of hydrogen-bond acceptors (Lipinski definition) is 7. The fourth-order valence-electron chi connectivity index (χ4n) is 1.86. The predicted molar refractivity (Wildman–Crippen MR) is 65.6 cm³/mol. The summed E-state index contributed by atoms with van der Waals surface area (Å²) >= 11 is 0. The Bertz CT molecular complexity index is 427. The Morgan fingerprint density at radius 1 is 1.26 bits per heavy atom. The van der Waals surface area contributed by atoms with E-state index in [9.17, 15) is 15.3 Å². The number of nitrogens with zero attached hydrogens (tertiary/aromatic N) is 2. The highest BCUT2D eigenvalue weighted by Gasteiger charge is 2.43. The third-order valence-electron chi connectivity index (χ3n) is 2.93. The van der Waals surface area contributed by atoms with Crippen molar-refractivity contribution in [2.45, 2.75) is 30.6 Å². The third kappa shape index (κ3) is 3.14. The van der Waals surface area contributed by atoms with Crippen LogP contribution in [0.15, 0.2) is 29.4 Å². The van der Waals surface area contributed by atoms with Gasteiger partial charge in [-0.25, -0.2) is 0 Å². The highest BCUT2D eigenvalue weighted by atomic mass is 16.6. The minimum atomic E-state index is -1.39. The molecule has 4 N–H and O–H groups in total. The maximum absolute atomic E-state index is 9.85. The van der Waals surface area contributed by atoms with Crippen LogP contribution in [0.5, 0.6) is 0 Å². The van der Waals surface area contributed by atoms with Crippen LogP contribution < -0.4 is 0 Å². The molecule has 0 bridgehead atoms. The summed E-state index contributed by atoms with van der Waals surface area (Å²) in [6.07, 6.45) is -2.07. The SMILES string of the molecule is OC[C@H]1O[C@H](O)[C@H](N=Cc2ccccn2)[C@H](O)[C@@H]1O. The van der Waals surface area contributed by atoms with E-state index < -0.39 is 37.3 Å². The van der Waals surface area contributed by atoms with Crippen LogP contribution >= 0.6 is 0 Å². The normalized spacial score (nSPS) is 35.7. The van der Waals surface area contributed by atoms with Crippen molar-refractivity contribution in [1.82, 2.24) is 4.98 Å². The van der Waals surface area contributed by atoms with Gasteiger partial charge in [0.2, 0.25) is 0 Å². The first-order valence-corrected chi connectivity index (χ1v) is 5.88. The molecule has 1 saturated heterocycles. The third-order valence-corrected chi connectivity index (χ3v) is 2.93. The molecule has 0 amide bonds. The maximum atomic E-state index is 9.85. The first-order chi connectivity index (χ1) is 9.13. The Morgan fingerprint density at radius 2 is 2.05 bits per heavy atom. The number of aliphatic imine (C=N–C) groups is 1. The van der Waals surface area contributed by atoms with Gasteiger partial charge in [-0.3, -0.25) is 9.98 Å². The number of aliphatic hydroxyl groups is 4. The van der Waals surface area contributed by atoms with Crippen molar-refractivity contribution in [3.05, 3.63) is 30.1 Å². The molecule has 1 aromatic rings. The second-order valence-electron chi connectivity index (χ2n) is 4.25. The summed E-state index contributed by atoms with van der Waals surface area (Å²) < 4.78 is 4.98. The van der Waals surface area contributed by atoms with Gasteiger partial charge in [0.25, 0.3) is 0 Å². The van der Waals surface area contributed by atoms with E-state index in [0.717, 1.165) is 0 Å². The van der Waals surface area contributed by atoms with Gasteiger partial charge < -0.3 is 25.2 Å². The van der Waals surface area contributed by atoms with Crippen molar-refractivity contribution in [1.29, 1.82) is 0 Å². The topological polar surface area (TPSA) is 115 Å². The van der Waals surface area contributed by atoms with Gasteiger partial charge in [0.15, 0.2) is 6.29 Å². The molecule has 0 aromatic carbocycles. The van der Waals surface area contributed by atoms with Gasteiger partial charge in [0.05, 0.1) is 12.3 Å². The highest BCUT2D eigenvalue weighted by Crippen LogP contribution is 2.21. The molecule has 2 heterocycles. The molecule has 0 aliphatic carbocycles. The molecule has 0 unspecified atom stereocenters. The van der Waals surface area contributed by atoms with E-state index in [0.29, 0.717) is 5.69 Å². The second kappa shape index (κ2) is 6.18. The first kappa shape index (κ1) is 14.0. The highest BCUT2D eigenvalue weighted by molar-refractivity contribution is 5.76. The van der Waals surface area contributed by atoms with Crippen molar-refractivity contribution in [3.63, 3.8) is 0 Å². The molecule has 19 heavy (non-hydrogen) atoms. The molecule has 7 nitrogen and oxygen atoms in total. The Labute approximate surface area is 109 Å². The van der Waals surface area contributed by atoms with E-state index in [1.807, 2.05) is 0 Å². The van der Waals surface area contributed by atoms with Crippen LogP contribution in [0.3, 0.4) is 0 Å². The predicted octanol–water partition coefficient (Wildman–Crippen LogP) is -1.70. The summed E-state index contributed by atoms with van der Waals surface area (Å²) in [4.78, 5) is 7.99. The van der Waals surface area contributed by atoms with Gasteiger partial charge in [0.1, 0.15) is 24.4 Å². The van der Waals surface area contributed by atoms with E-state index in [2.05, 4.69) is 9.98 Å². The van der Waals surface area contributed by atoms with Crippen molar-refractivity contribution in [2.24, 2.45) is 4.99 Å². The quantitative estimate of drug-likeness (QED) is 0.486. The van der Waals surface area contributed by atoms with Gasteiger partial charge in [-0.1, -0.05) is 6.07 Å². The van der Waals surface area contributed by atoms with Crippen LogP contribution in [0, 0.1) is 0 Å². The zero-order valence-electron chi connectivity index (χ0n) is 10.1. The van der Waals surface area contributed by atoms with E-state index in [1.54, 1.807) is 24.4 Å². The maximum Gasteiger partial charge on any atom is 0.180 e. The van der Waals surface area contributed by atoms with E-state index >= 15 is 0 Å². The summed E-state index contributed by atoms with van der Waals surface area (Å²) in [5, 5.41) is 38.2. The molecule has 1 fully saturated rings. The number of aliphatic hydroxyl groups excluding tert-OH is 4. The fourth-order valence-corrected chi connectivity index (χ4v) is 1.86. The van der Waals surface area contributed by atoms with Crippen molar-refractivity contribution in [2.75, 3.05) is 6.61 Å². The Kier molecular flexibility index (Phi) is 4.56. The lowest BCUT2D eigenvalue weighted by Crippen LogP contribution is -2.57. The molecular weight excluding hydrogens is 252 g/mol. The lowest BCUT2D eigenvalue weighted by Gasteiger charge is -2.38. The number of hydrogen-bond donors (Lipinski definition) is 4. The number of rotatable bonds is 3. The van der Waals surface area contributed by atoms with Gasteiger partial charge in [-0.15, -0.1) is 0 Å². The minimum absolute atomic E-state index is 0.494. The van der Waals surface area contributed by atoms with Crippen molar-refractivity contribution < 1.29 is 25.2 Å². The van der Waals surface area contributed by atoms with E-state index in [1.165, 1.54) is 6.21 Å². The summed E-state index contributed by atoms with van der Waals surface area (Å²) in [5.74, 6) is 0. The first-order valence-electron chi connectivity index (χ1n) is 5.88. The van der Waals surface area contributed by atoms with Crippen LogP contribution in [0.4, 0.5) is 0 Å². The average Bonchev–Trinajstić information content (AvgIpc) is 2.44. The largest absolute Gasteiger partial charge is 0.394 e. The molecular formula is C12H16N2O5. The van der Waals surface area contributed by atoms with Crippen molar-refractivity contribution >= 4 is 6.21 Å². The average molecular weight is 268 g/mol. The molecule has 104 valence electrons. The van der Waals surface area contributed by atoms with Gasteiger partial charge in [0, 0.05) is 12.4 Å². The van der Waals surface area contributed by atoms with Crippen LogP contribution in [-0.2, 0) is 4.74 Å². The van der Waals surface area contributed by atoms with Gasteiger partial charge in [-0.05, 0) is 12.1 Å². The van der Waals surface area contributed by atoms with Crippen LogP contribution in [0.25, 0.3) is 0 Å². The van der Waals surface area contributed by atoms with E-state index in [4.69, 9.17) is 9.84 Å². The van der Waals surface area contributed by atoms with Gasteiger partial charge >= 0.3 is 0 Å². The number of pyridine rings is 1. The minimum Gasteiger partial charge on any atom is -0.394 e. The standard InChI is InChI=1S/C12H16N2O5/c15-6-8-10(16)11(17)9(12(18)19-8)14-5-7-3-1-2-4-13-7/h1-5,8-12,15-18H,6H2/t8-,9-,10-,11+,12+/m1/s1. The van der Waals surface area contributed by atoms with Crippen molar-refractivity contribution in [3.8, 4) is 0 Å². The zero-order chi connectivity index (χ0) is 13.8. The van der Waals surface area contributed by atoms with Crippen LogP contribution in [-0.4, -0.2) is 68.9 Å². The Morgan fingerprint density at radius 3 is 2.68 bits per heavy atom. The zero-order valence-corrected chi connectivity index (χ0v) is 10.1. The summed E-state index contributed by atoms with van der Waals surface area (Å²) in [5.41, 5.74) is 0.556. The summed E-state index contributed by atoms with van der Waals surface area (Å²) in [6, 6.07) is 4.20. The Balaban J connectivity index is 2.09. The molecule has 0 radical (unpaired) electrons. The molecule has 2 rings (SSSR count). The van der Waals surface area contributed by atoms with Crippen LogP contribution in [0.1, 0.15) is 5.69 Å². The smallest absolute Gasteiger partial charge is 0.180 e. The molecule has 7 heteroatoms. The summed E-state index contributed by atoms with van der Waals surface area (Å²) in [6.45, 7) is -0.494. The van der Waals surface area contributed by atoms with E-state index in [-0.39, 0.29) is 0 Å². The van der Waals surface area contributed by atoms with Crippen LogP contribution in [0.2, 0.25) is 0 Å². The molecule has 0 spiro atoms. The van der Waals surface area contributed by atoms with Gasteiger partial charge in [-0.2, -0.15) is 0 Å². The lowest BCUT2D eigenvalue weighted by atomic mass is 9.97. The number of aromatic nitrogens is 1. The molecule has 1 aromatic heterocycles.